The van der Waals surface area contributed by atoms with Crippen molar-refractivity contribution in [1.82, 2.24) is 0 Å². The van der Waals surface area contributed by atoms with E-state index in [4.69, 9.17) is 9.15 Å². The summed E-state index contributed by atoms with van der Waals surface area (Å²) in [6, 6.07) is 1.87. The molecule has 2 aliphatic carbocycles. The van der Waals surface area contributed by atoms with E-state index in [0.29, 0.717) is 6.42 Å². The second kappa shape index (κ2) is 4.95. The lowest BCUT2D eigenvalue weighted by molar-refractivity contribution is -0.161. The molecule has 1 saturated heterocycles. The Bertz CT molecular complexity index is 725. The van der Waals surface area contributed by atoms with E-state index in [0.717, 1.165) is 24.0 Å². The number of allylic oxidation sites excluding steroid dienone is 3. The fourth-order valence-electron chi connectivity index (χ4n) is 4.48. The Hall–Kier alpha value is -2.10. The Balaban J connectivity index is 1.86. The smallest absolute Gasteiger partial charge is 0.310 e. The maximum atomic E-state index is 12.2. The number of hydrogen-bond donors (Lipinski definition) is 0. The number of esters is 1. The molecule has 1 aliphatic heterocycles. The summed E-state index contributed by atoms with van der Waals surface area (Å²) in [5.74, 6) is 0.214. The normalized spacial score (nSPS) is 36.5. The maximum absolute atomic E-state index is 12.2. The van der Waals surface area contributed by atoms with Gasteiger partial charge < -0.3 is 9.15 Å². The van der Waals surface area contributed by atoms with Gasteiger partial charge in [0.2, 0.25) is 0 Å². The molecule has 4 heteroatoms. The van der Waals surface area contributed by atoms with E-state index in [1.54, 1.807) is 18.6 Å². The van der Waals surface area contributed by atoms with Gasteiger partial charge in [0.1, 0.15) is 6.10 Å². The van der Waals surface area contributed by atoms with Crippen molar-refractivity contribution in [3.63, 3.8) is 0 Å². The van der Waals surface area contributed by atoms with Crippen molar-refractivity contribution in [3.8, 4) is 0 Å². The highest BCUT2D eigenvalue weighted by molar-refractivity contribution is 5.94. The molecule has 4 nitrogen and oxygen atoms in total. The molecular weight excluding hydrogens is 292 g/mol. The van der Waals surface area contributed by atoms with Gasteiger partial charge in [-0.25, -0.2) is 0 Å². The Kier molecular flexibility index (Phi) is 3.12. The van der Waals surface area contributed by atoms with Crippen LogP contribution in [-0.2, 0) is 14.3 Å². The average molecular weight is 312 g/mol. The fraction of sp³-hybridized carbons (Fsp3) is 0.474. The molecule has 0 amide bonds. The zero-order chi connectivity index (χ0) is 16.2. The van der Waals surface area contributed by atoms with Crippen LogP contribution in [-0.4, -0.2) is 11.8 Å². The fourth-order valence-corrected chi connectivity index (χ4v) is 4.48. The highest BCUT2D eigenvalue weighted by atomic mass is 16.5. The molecule has 0 saturated carbocycles. The molecule has 3 aliphatic rings. The van der Waals surface area contributed by atoms with Crippen LogP contribution in [0.4, 0.5) is 0 Å². The largest absolute Gasteiger partial charge is 0.472 e. The van der Waals surface area contributed by atoms with Crippen LogP contribution >= 0.6 is 0 Å². The quantitative estimate of drug-likeness (QED) is 0.741. The van der Waals surface area contributed by atoms with Gasteiger partial charge in [-0.1, -0.05) is 19.9 Å². The molecule has 4 atom stereocenters. The molecule has 0 aromatic carbocycles. The van der Waals surface area contributed by atoms with Crippen molar-refractivity contribution in [1.29, 1.82) is 0 Å². The second-order valence-electron chi connectivity index (χ2n) is 7.12. The zero-order valence-electron chi connectivity index (χ0n) is 13.4. The molecule has 0 N–H and O–H groups in total. The van der Waals surface area contributed by atoms with Crippen molar-refractivity contribution in [2.45, 2.75) is 39.2 Å². The molecule has 0 bridgehead atoms. The third-order valence-electron chi connectivity index (χ3n) is 5.89. The molecule has 1 fully saturated rings. The SMILES string of the molecule is C[C@H]1C(=O)C=CC2=C3CC(=O)O[C@H](c4ccoc4)[C@@]3(C)CC[C@H]21. The first-order valence-corrected chi connectivity index (χ1v) is 8.18. The van der Waals surface area contributed by atoms with Crippen molar-refractivity contribution < 1.29 is 18.7 Å². The van der Waals surface area contributed by atoms with Crippen LogP contribution in [0.5, 0.6) is 0 Å². The first-order valence-electron chi connectivity index (χ1n) is 8.18. The van der Waals surface area contributed by atoms with Gasteiger partial charge in [0, 0.05) is 16.9 Å². The molecule has 2 heterocycles. The Morgan fingerprint density at radius 2 is 2.09 bits per heavy atom. The molecule has 120 valence electrons. The Morgan fingerprint density at radius 1 is 1.26 bits per heavy atom. The third kappa shape index (κ3) is 2.04. The maximum Gasteiger partial charge on any atom is 0.310 e. The van der Waals surface area contributed by atoms with E-state index in [-0.39, 0.29) is 35.1 Å². The van der Waals surface area contributed by atoms with Crippen LogP contribution in [0.3, 0.4) is 0 Å². The van der Waals surface area contributed by atoms with Crippen LogP contribution in [0.1, 0.15) is 44.8 Å². The third-order valence-corrected chi connectivity index (χ3v) is 5.89. The van der Waals surface area contributed by atoms with Gasteiger partial charge in [-0.3, -0.25) is 9.59 Å². The van der Waals surface area contributed by atoms with Crippen molar-refractivity contribution in [2.75, 3.05) is 0 Å². The molecule has 23 heavy (non-hydrogen) atoms. The van der Waals surface area contributed by atoms with Crippen molar-refractivity contribution in [3.05, 3.63) is 47.5 Å². The molecule has 1 aromatic heterocycles. The predicted octanol–water partition coefficient (Wildman–Crippen LogP) is 3.76. The summed E-state index contributed by atoms with van der Waals surface area (Å²) in [5.41, 5.74) is 3.00. The highest BCUT2D eigenvalue weighted by Gasteiger charge is 2.51. The van der Waals surface area contributed by atoms with Crippen LogP contribution in [0.2, 0.25) is 0 Å². The lowest BCUT2D eigenvalue weighted by atomic mass is 9.59. The summed E-state index contributed by atoms with van der Waals surface area (Å²) in [7, 11) is 0. The van der Waals surface area contributed by atoms with Gasteiger partial charge in [-0.05, 0) is 42.0 Å². The molecule has 0 spiro atoms. The van der Waals surface area contributed by atoms with Crippen molar-refractivity contribution in [2.24, 2.45) is 17.3 Å². The summed E-state index contributed by atoms with van der Waals surface area (Å²) < 4.78 is 10.9. The van der Waals surface area contributed by atoms with Gasteiger partial charge in [0.05, 0.1) is 18.9 Å². The summed E-state index contributed by atoms with van der Waals surface area (Å²) in [6.45, 7) is 4.17. The Morgan fingerprint density at radius 3 is 2.83 bits per heavy atom. The van der Waals surface area contributed by atoms with E-state index >= 15 is 0 Å². The second-order valence-corrected chi connectivity index (χ2v) is 7.12. The van der Waals surface area contributed by atoms with Crippen LogP contribution in [0.15, 0.2) is 46.3 Å². The first kappa shape index (κ1) is 14.5. The minimum Gasteiger partial charge on any atom is -0.472 e. The zero-order valence-corrected chi connectivity index (χ0v) is 13.4. The van der Waals surface area contributed by atoms with Crippen LogP contribution in [0.25, 0.3) is 0 Å². The van der Waals surface area contributed by atoms with Crippen LogP contribution in [0, 0.1) is 17.3 Å². The summed E-state index contributed by atoms with van der Waals surface area (Å²) >= 11 is 0. The van der Waals surface area contributed by atoms with Gasteiger partial charge in [-0.2, -0.15) is 0 Å². The lowest BCUT2D eigenvalue weighted by Crippen LogP contribution is -2.43. The minimum absolute atomic E-state index is 0.00243. The number of furan rings is 1. The number of ether oxygens (including phenoxy) is 1. The molecule has 0 unspecified atom stereocenters. The highest BCUT2D eigenvalue weighted by Crippen LogP contribution is 2.57. The monoisotopic (exact) mass is 312 g/mol. The van der Waals surface area contributed by atoms with E-state index < -0.39 is 0 Å². The van der Waals surface area contributed by atoms with Gasteiger partial charge in [0.25, 0.3) is 0 Å². The number of rotatable bonds is 1. The topological polar surface area (TPSA) is 56.5 Å². The van der Waals surface area contributed by atoms with E-state index in [2.05, 4.69) is 6.92 Å². The predicted molar refractivity (Wildman–Crippen MR) is 83.3 cm³/mol. The molecular formula is C19H20O4. The van der Waals surface area contributed by atoms with E-state index in [1.165, 1.54) is 5.57 Å². The summed E-state index contributed by atoms with van der Waals surface area (Å²) in [5, 5.41) is 0. The number of hydrogen-bond acceptors (Lipinski definition) is 4. The summed E-state index contributed by atoms with van der Waals surface area (Å²) in [6.07, 6.45) is 8.73. The van der Waals surface area contributed by atoms with Gasteiger partial charge in [-0.15, -0.1) is 0 Å². The number of cyclic esters (lactones) is 1. The summed E-state index contributed by atoms with van der Waals surface area (Å²) in [4.78, 5) is 24.2. The van der Waals surface area contributed by atoms with Crippen LogP contribution < -0.4 is 0 Å². The standard InChI is InChI=1S/C19H20O4/c1-11-13-5-7-19(2)15(14(13)3-4-16(11)20)9-17(21)23-18(19)12-6-8-22-10-12/h3-4,6,8,10-11,13,18H,5,7,9H2,1-2H3/t11-,13+,18-,19+/m1/s1. The average Bonchev–Trinajstić information content (AvgIpc) is 3.05. The van der Waals surface area contributed by atoms with E-state index in [9.17, 15) is 9.59 Å². The van der Waals surface area contributed by atoms with Crippen molar-refractivity contribution >= 4 is 11.8 Å². The number of carbonyl (C=O) groups is 2. The Labute approximate surface area is 135 Å². The molecule has 1 aromatic rings. The minimum atomic E-state index is -0.313. The molecule has 0 radical (unpaired) electrons. The molecule has 4 rings (SSSR count). The van der Waals surface area contributed by atoms with Gasteiger partial charge >= 0.3 is 5.97 Å². The number of fused-ring (bicyclic) bond motifs is 2. The number of carbonyl (C=O) groups excluding carboxylic acids is 2. The van der Waals surface area contributed by atoms with E-state index in [1.807, 2.05) is 19.1 Å². The van der Waals surface area contributed by atoms with Gasteiger partial charge in [0.15, 0.2) is 5.78 Å². The first-order chi connectivity index (χ1) is 11.0. The number of ketones is 1. The lowest BCUT2D eigenvalue weighted by Gasteiger charge is -2.49.